The average molecular weight is 216 g/mol. The molecule has 0 saturated carbocycles. The van der Waals surface area contributed by atoms with Crippen molar-refractivity contribution in [2.24, 2.45) is 5.41 Å². The minimum atomic E-state index is -0.602. The highest BCUT2D eigenvalue weighted by molar-refractivity contribution is 5.98. The molecule has 0 bridgehead atoms. The lowest BCUT2D eigenvalue weighted by Crippen LogP contribution is -2.28. The van der Waals surface area contributed by atoms with Gasteiger partial charge < -0.3 is 9.47 Å². The third-order valence-electron chi connectivity index (χ3n) is 2.57. The first-order valence-corrected chi connectivity index (χ1v) is 5.09. The van der Waals surface area contributed by atoms with Crippen molar-refractivity contribution in [1.82, 2.24) is 0 Å². The highest BCUT2D eigenvalue weighted by Crippen LogP contribution is 2.22. The van der Waals surface area contributed by atoms with Crippen molar-refractivity contribution in [3.05, 3.63) is 0 Å². The fourth-order valence-corrected chi connectivity index (χ4v) is 0.842. The minimum Gasteiger partial charge on any atom is -0.436 e. The number of hydrogen-bond donors (Lipinski definition) is 0. The summed E-state index contributed by atoms with van der Waals surface area (Å²) in [7, 11) is 1.44. The van der Waals surface area contributed by atoms with Gasteiger partial charge in [0.1, 0.15) is 12.2 Å². The molecule has 0 aliphatic heterocycles. The van der Waals surface area contributed by atoms with Gasteiger partial charge >= 0.3 is 5.97 Å². The molecule has 88 valence electrons. The number of Topliss-reactive ketones (excluding diaryl/α,β-unsaturated/α-hetero) is 1. The lowest BCUT2D eigenvalue weighted by Gasteiger charge is -2.20. The molecule has 4 heteroatoms. The quantitative estimate of drug-likeness (QED) is 0.386. The largest absolute Gasteiger partial charge is 0.436 e. The van der Waals surface area contributed by atoms with Gasteiger partial charge in [-0.05, 0) is 13.3 Å². The van der Waals surface area contributed by atoms with Gasteiger partial charge in [0.25, 0.3) is 0 Å². The van der Waals surface area contributed by atoms with Crippen LogP contribution in [0.25, 0.3) is 0 Å². The SMILES string of the molecule is CCC(C)(C)C(=O)CC(=O)OC(C)OC. The van der Waals surface area contributed by atoms with E-state index in [-0.39, 0.29) is 12.2 Å². The van der Waals surface area contributed by atoms with E-state index in [0.717, 1.165) is 0 Å². The molecule has 1 unspecified atom stereocenters. The van der Waals surface area contributed by atoms with E-state index in [4.69, 9.17) is 9.47 Å². The normalized spacial score (nSPS) is 13.4. The second kappa shape index (κ2) is 5.85. The maximum atomic E-state index is 11.6. The number of rotatable bonds is 6. The molecule has 0 aliphatic carbocycles. The summed E-state index contributed by atoms with van der Waals surface area (Å²) in [6.07, 6.45) is -0.0805. The van der Waals surface area contributed by atoms with E-state index in [2.05, 4.69) is 0 Å². The molecule has 0 fully saturated rings. The Balaban J connectivity index is 4.14. The van der Waals surface area contributed by atoms with Crippen molar-refractivity contribution >= 4 is 11.8 Å². The summed E-state index contributed by atoms with van der Waals surface area (Å²) in [5.41, 5.74) is -0.463. The van der Waals surface area contributed by atoms with Crippen molar-refractivity contribution in [3.63, 3.8) is 0 Å². The Morgan fingerprint density at radius 1 is 1.33 bits per heavy atom. The average Bonchev–Trinajstić information content (AvgIpc) is 2.17. The van der Waals surface area contributed by atoms with E-state index in [1.165, 1.54) is 7.11 Å². The molecule has 0 rings (SSSR count). The summed E-state index contributed by atoms with van der Waals surface area (Å²) in [4.78, 5) is 22.9. The Kier molecular flexibility index (Phi) is 5.50. The van der Waals surface area contributed by atoms with E-state index in [1.807, 2.05) is 20.8 Å². The van der Waals surface area contributed by atoms with Gasteiger partial charge in [0, 0.05) is 12.5 Å². The molecule has 0 N–H and O–H groups in total. The molecule has 0 aliphatic rings. The zero-order chi connectivity index (χ0) is 12.1. The number of methoxy groups -OCH3 is 1. The molecule has 0 radical (unpaired) electrons. The highest BCUT2D eigenvalue weighted by Gasteiger charge is 2.27. The van der Waals surface area contributed by atoms with E-state index in [9.17, 15) is 9.59 Å². The molecule has 0 aromatic heterocycles. The van der Waals surface area contributed by atoms with Crippen LogP contribution < -0.4 is 0 Å². The summed E-state index contributed by atoms with van der Waals surface area (Å²) in [5.74, 6) is -0.630. The number of carbonyl (C=O) groups is 2. The van der Waals surface area contributed by atoms with Crippen LogP contribution in [0.5, 0.6) is 0 Å². The first-order chi connectivity index (χ1) is 6.83. The lowest BCUT2D eigenvalue weighted by molar-refractivity contribution is -0.171. The third-order valence-corrected chi connectivity index (χ3v) is 2.57. The van der Waals surface area contributed by atoms with Crippen LogP contribution in [0.4, 0.5) is 0 Å². The first kappa shape index (κ1) is 14.1. The molecule has 1 atom stereocenters. The van der Waals surface area contributed by atoms with Gasteiger partial charge in [-0.2, -0.15) is 0 Å². The van der Waals surface area contributed by atoms with E-state index >= 15 is 0 Å². The minimum absolute atomic E-state index is 0.0988. The maximum Gasteiger partial charge on any atom is 0.315 e. The zero-order valence-corrected chi connectivity index (χ0v) is 10.1. The number of carbonyl (C=O) groups excluding carboxylic acids is 2. The molecule has 0 amide bonds. The first-order valence-electron chi connectivity index (χ1n) is 5.09. The summed E-state index contributed by atoms with van der Waals surface area (Å²) in [6.45, 7) is 7.17. The van der Waals surface area contributed by atoms with Crippen LogP contribution in [0.3, 0.4) is 0 Å². The van der Waals surface area contributed by atoms with Crippen LogP contribution in [0.1, 0.15) is 40.5 Å². The van der Waals surface area contributed by atoms with Crippen LogP contribution in [-0.2, 0) is 19.1 Å². The van der Waals surface area contributed by atoms with Crippen molar-refractivity contribution in [2.45, 2.75) is 46.8 Å². The third kappa shape index (κ3) is 4.93. The van der Waals surface area contributed by atoms with Crippen LogP contribution in [-0.4, -0.2) is 25.2 Å². The summed E-state index contributed by atoms with van der Waals surface area (Å²) in [5, 5.41) is 0. The van der Waals surface area contributed by atoms with Crippen LogP contribution >= 0.6 is 0 Å². The second-order valence-corrected chi connectivity index (χ2v) is 4.13. The van der Waals surface area contributed by atoms with Gasteiger partial charge in [0.05, 0.1) is 0 Å². The fourth-order valence-electron chi connectivity index (χ4n) is 0.842. The zero-order valence-electron chi connectivity index (χ0n) is 10.1. The summed E-state index contributed by atoms with van der Waals surface area (Å²) in [6, 6.07) is 0. The lowest BCUT2D eigenvalue weighted by atomic mass is 9.84. The number of ketones is 1. The molecule has 0 aromatic carbocycles. The maximum absolute atomic E-state index is 11.6. The van der Waals surface area contributed by atoms with Crippen molar-refractivity contribution < 1.29 is 19.1 Å². The Hall–Kier alpha value is -0.900. The molecule has 0 aromatic rings. The van der Waals surface area contributed by atoms with Gasteiger partial charge in [0.15, 0.2) is 6.29 Å². The topological polar surface area (TPSA) is 52.6 Å². The van der Waals surface area contributed by atoms with Gasteiger partial charge in [-0.15, -0.1) is 0 Å². The molecule has 15 heavy (non-hydrogen) atoms. The standard InChI is InChI=1S/C11H20O4/c1-6-11(3,4)9(12)7-10(13)15-8(2)14-5/h8H,6-7H2,1-5H3. The molecular weight excluding hydrogens is 196 g/mol. The number of esters is 1. The van der Waals surface area contributed by atoms with Crippen LogP contribution in [0.2, 0.25) is 0 Å². The molecule has 0 heterocycles. The number of ether oxygens (including phenoxy) is 2. The predicted molar refractivity (Wildman–Crippen MR) is 56.3 cm³/mol. The monoisotopic (exact) mass is 216 g/mol. The van der Waals surface area contributed by atoms with E-state index in [0.29, 0.717) is 6.42 Å². The van der Waals surface area contributed by atoms with Crippen molar-refractivity contribution in [1.29, 1.82) is 0 Å². The van der Waals surface area contributed by atoms with E-state index in [1.54, 1.807) is 6.92 Å². The number of hydrogen-bond acceptors (Lipinski definition) is 4. The Bertz CT molecular complexity index is 233. The van der Waals surface area contributed by atoms with Gasteiger partial charge in [0.2, 0.25) is 0 Å². The second-order valence-electron chi connectivity index (χ2n) is 4.13. The van der Waals surface area contributed by atoms with Gasteiger partial charge in [-0.1, -0.05) is 20.8 Å². The van der Waals surface area contributed by atoms with Gasteiger partial charge in [-0.25, -0.2) is 0 Å². The summed E-state index contributed by atoms with van der Waals surface area (Å²) < 4.78 is 9.59. The molecular formula is C11H20O4. The molecule has 0 saturated heterocycles. The van der Waals surface area contributed by atoms with Crippen LogP contribution in [0.15, 0.2) is 0 Å². The fraction of sp³-hybridized carbons (Fsp3) is 0.818. The van der Waals surface area contributed by atoms with Crippen molar-refractivity contribution in [3.8, 4) is 0 Å². The van der Waals surface area contributed by atoms with Crippen molar-refractivity contribution in [2.75, 3.05) is 7.11 Å². The smallest absolute Gasteiger partial charge is 0.315 e. The predicted octanol–water partition coefficient (Wildman–Crippen LogP) is 1.92. The van der Waals surface area contributed by atoms with Gasteiger partial charge in [-0.3, -0.25) is 9.59 Å². The molecule has 0 spiro atoms. The molecule has 4 nitrogen and oxygen atoms in total. The Morgan fingerprint density at radius 3 is 2.27 bits per heavy atom. The van der Waals surface area contributed by atoms with Crippen LogP contribution in [0, 0.1) is 5.41 Å². The Labute approximate surface area is 90.9 Å². The Morgan fingerprint density at radius 2 is 1.87 bits per heavy atom. The van der Waals surface area contributed by atoms with E-state index < -0.39 is 17.7 Å². The summed E-state index contributed by atoms with van der Waals surface area (Å²) >= 11 is 0. The highest BCUT2D eigenvalue weighted by atomic mass is 16.7.